The van der Waals surface area contributed by atoms with E-state index in [1.54, 1.807) is 17.0 Å². The van der Waals surface area contributed by atoms with E-state index in [-0.39, 0.29) is 17.4 Å². The van der Waals surface area contributed by atoms with Crippen LogP contribution in [0.15, 0.2) is 45.7 Å². The highest BCUT2D eigenvalue weighted by Crippen LogP contribution is 2.33. The lowest BCUT2D eigenvalue weighted by Gasteiger charge is -2.18. The fourth-order valence-corrected chi connectivity index (χ4v) is 4.25. The summed E-state index contributed by atoms with van der Waals surface area (Å²) in [5, 5.41) is -0.433. The zero-order chi connectivity index (χ0) is 21.1. The van der Waals surface area contributed by atoms with Crippen molar-refractivity contribution < 1.29 is 23.5 Å². The number of rotatable bonds is 6. The van der Waals surface area contributed by atoms with Gasteiger partial charge in [-0.2, -0.15) is 0 Å². The van der Waals surface area contributed by atoms with Gasteiger partial charge in [-0.05, 0) is 67.9 Å². The molecule has 0 atom stereocenters. The number of thioether (sulfide) groups is 1. The van der Waals surface area contributed by atoms with Gasteiger partial charge in [0.15, 0.2) is 0 Å². The van der Waals surface area contributed by atoms with Gasteiger partial charge in [0.1, 0.15) is 23.8 Å². The first-order valence-corrected chi connectivity index (χ1v) is 10.7. The molecule has 0 saturated carbocycles. The smallest absolute Gasteiger partial charge is 0.294 e. The van der Waals surface area contributed by atoms with Crippen molar-refractivity contribution in [2.24, 2.45) is 0 Å². The zero-order valence-electron chi connectivity index (χ0n) is 16.6. The SMILES string of the molecule is CCOc1ccc(-c2ccc(/C=C3/SC(=O)N(CC(=O)N4CCCC4)C3=O)o2)cc1. The summed E-state index contributed by atoms with van der Waals surface area (Å²) < 4.78 is 11.3. The maximum Gasteiger partial charge on any atom is 0.294 e. The van der Waals surface area contributed by atoms with E-state index in [0.717, 1.165) is 40.8 Å². The van der Waals surface area contributed by atoms with Crippen LogP contribution in [-0.2, 0) is 9.59 Å². The molecule has 7 nitrogen and oxygen atoms in total. The molecule has 0 bridgehead atoms. The highest BCUT2D eigenvalue weighted by molar-refractivity contribution is 8.18. The second kappa shape index (κ2) is 8.79. The number of furan rings is 1. The molecule has 3 heterocycles. The molecule has 1 aromatic heterocycles. The fourth-order valence-electron chi connectivity index (χ4n) is 3.43. The van der Waals surface area contributed by atoms with E-state index in [4.69, 9.17) is 9.15 Å². The van der Waals surface area contributed by atoms with Crippen LogP contribution in [0, 0.1) is 0 Å². The third-order valence-corrected chi connectivity index (χ3v) is 5.88. The fraction of sp³-hybridized carbons (Fsp3) is 0.318. The van der Waals surface area contributed by atoms with Crippen molar-refractivity contribution in [2.75, 3.05) is 26.2 Å². The number of nitrogens with zero attached hydrogens (tertiary/aromatic N) is 2. The highest BCUT2D eigenvalue weighted by atomic mass is 32.2. The van der Waals surface area contributed by atoms with E-state index in [0.29, 0.717) is 31.2 Å². The van der Waals surface area contributed by atoms with Gasteiger partial charge in [-0.15, -0.1) is 0 Å². The summed E-state index contributed by atoms with van der Waals surface area (Å²) in [4.78, 5) is 40.2. The Morgan fingerprint density at radius 1 is 1.13 bits per heavy atom. The van der Waals surface area contributed by atoms with Gasteiger partial charge < -0.3 is 14.1 Å². The predicted octanol–water partition coefficient (Wildman–Crippen LogP) is 4.00. The Balaban J connectivity index is 1.45. The van der Waals surface area contributed by atoms with Crippen LogP contribution in [0.5, 0.6) is 5.75 Å². The molecule has 2 saturated heterocycles. The molecule has 0 aliphatic carbocycles. The van der Waals surface area contributed by atoms with Crippen molar-refractivity contribution in [3.05, 3.63) is 47.1 Å². The highest BCUT2D eigenvalue weighted by Gasteiger charge is 2.37. The van der Waals surface area contributed by atoms with E-state index >= 15 is 0 Å². The van der Waals surface area contributed by atoms with Crippen LogP contribution in [0.3, 0.4) is 0 Å². The van der Waals surface area contributed by atoms with E-state index in [1.165, 1.54) is 0 Å². The minimum Gasteiger partial charge on any atom is -0.494 e. The van der Waals surface area contributed by atoms with E-state index in [1.807, 2.05) is 37.3 Å². The molecule has 156 valence electrons. The van der Waals surface area contributed by atoms with Crippen LogP contribution in [0.25, 0.3) is 17.4 Å². The molecule has 2 aliphatic rings. The summed E-state index contributed by atoms with van der Waals surface area (Å²) >= 11 is 0.825. The largest absolute Gasteiger partial charge is 0.494 e. The van der Waals surface area contributed by atoms with Crippen LogP contribution in [0.4, 0.5) is 4.79 Å². The van der Waals surface area contributed by atoms with Crippen LogP contribution in [0.2, 0.25) is 0 Å². The van der Waals surface area contributed by atoms with Gasteiger partial charge in [-0.1, -0.05) is 0 Å². The van der Waals surface area contributed by atoms with Crippen LogP contribution in [0.1, 0.15) is 25.5 Å². The van der Waals surface area contributed by atoms with Crippen LogP contribution < -0.4 is 4.74 Å². The number of benzene rings is 1. The van der Waals surface area contributed by atoms with Gasteiger partial charge in [0.2, 0.25) is 5.91 Å². The molecule has 2 fully saturated rings. The average molecular weight is 426 g/mol. The van der Waals surface area contributed by atoms with E-state index in [2.05, 4.69) is 0 Å². The summed E-state index contributed by atoms with van der Waals surface area (Å²) in [6, 6.07) is 11.1. The van der Waals surface area contributed by atoms with E-state index < -0.39 is 11.1 Å². The Labute approximate surface area is 178 Å². The Hall–Kier alpha value is -3.00. The first kappa shape index (κ1) is 20.3. The summed E-state index contributed by atoms with van der Waals surface area (Å²) in [5.41, 5.74) is 0.877. The standard InChI is InChI=1S/C22H22N2O5S/c1-2-28-16-7-5-15(6-8-16)18-10-9-17(29-18)13-19-21(26)24(22(27)30-19)14-20(25)23-11-3-4-12-23/h5-10,13H,2-4,11-12,14H2,1H3/b19-13+. The minimum atomic E-state index is -0.462. The first-order valence-electron chi connectivity index (χ1n) is 9.91. The molecule has 8 heteroatoms. The number of hydrogen-bond donors (Lipinski definition) is 0. The molecule has 0 N–H and O–H groups in total. The molecule has 30 heavy (non-hydrogen) atoms. The second-order valence-electron chi connectivity index (χ2n) is 7.02. The van der Waals surface area contributed by atoms with Gasteiger partial charge in [0, 0.05) is 24.7 Å². The monoisotopic (exact) mass is 426 g/mol. The maximum absolute atomic E-state index is 12.6. The van der Waals surface area contributed by atoms with E-state index in [9.17, 15) is 14.4 Å². The number of hydrogen-bond acceptors (Lipinski definition) is 6. The van der Waals surface area contributed by atoms with Gasteiger partial charge in [-0.3, -0.25) is 19.3 Å². The molecule has 0 unspecified atom stereocenters. The molecule has 3 amide bonds. The van der Waals surface area contributed by atoms with Crippen LogP contribution in [-0.4, -0.2) is 53.1 Å². The van der Waals surface area contributed by atoms with Gasteiger partial charge >= 0.3 is 0 Å². The van der Waals surface area contributed by atoms with Gasteiger partial charge in [0.05, 0.1) is 11.5 Å². The number of imide groups is 1. The third kappa shape index (κ3) is 4.28. The molecule has 1 aromatic carbocycles. The first-order chi connectivity index (χ1) is 14.5. The molecule has 2 aromatic rings. The Morgan fingerprint density at radius 3 is 2.57 bits per heavy atom. The molecule has 0 spiro atoms. The summed E-state index contributed by atoms with van der Waals surface area (Å²) in [7, 11) is 0. The Morgan fingerprint density at radius 2 is 1.87 bits per heavy atom. The average Bonchev–Trinajstić information content (AvgIpc) is 3.48. The van der Waals surface area contributed by atoms with Crippen molar-refractivity contribution in [1.29, 1.82) is 0 Å². The summed E-state index contributed by atoms with van der Waals surface area (Å²) in [5.74, 6) is 1.25. The molecular weight excluding hydrogens is 404 g/mol. The summed E-state index contributed by atoms with van der Waals surface area (Å²) in [6.07, 6.45) is 3.47. The number of ether oxygens (including phenoxy) is 1. The molecular formula is C22H22N2O5S. The maximum atomic E-state index is 12.6. The van der Waals surface area contributed by atoms with Crippen molar-refractivity contribution in [3.8, 4) is 17.1 Å². The van der Waals surface area contributed by atoms with Gasteiger partial charge in [0.25, 0.3) is 11.1 Å². The predicted molar refractivity (Wildman–Crippen MR) is 114 cm³/mol. The number of carbonyl (C=O) groups excluding carboxylic acids is 3. The molecule has 0 radical (unpaired) electrons. The Kier molecular flexibility index (Phi) is 5.94. The number of amides is 3. The lowest BCUT2D eigenvalue weighted by molar-refractivity contribution is -0.135. The quantitative estimate of drug-likeness (QED) is 0.650. The molecule has 4 rings (SSSR count). The van der Waals surface area contributed by atoms with Crippen LogP contribution >= 0.6 is 11.8 Å². The zero-order valence-corrected chi connectivity index (χ0v) is 17.4. The third-order valence-electron chi connectivity index (χ3n) is 4.98. The van der Waals surface area contributed by atoms with Crippen molar-refractivity contribution in [1.82, 2.24) is 9.80 Å². The van der Waals surface area contributed by atoms with Crippen molar-refractivity contribution in [3.63, 3.8) is 0 Å². The lowest BCUT2D eigenvalue weighted by atomic mass is 10.2. The minimum absolute atomic E-state index is 0.188. The van der Waals surface area contributed by atoms with Crippen molar-refractivity contribution >= 4 is 34.9 Å². The normalized spacial score (nSPS) is 18.0. The number of carbonyl (C=O) groups is 3. The molecule has 2 aliphatic heterocycles. The van der Waals surface area contributed by atoms with Crippen molar-refractivity contribution in [2.45, 2.75) is 19.8 Å². The Bertz CT molecular complexity index is 989. The van der Waals surface area contributed by atoms with Gasteiger partial charge in [-0.25, -0.2) is 0 Å². The summed E-state index contributed by atoms with van der Waals surface area (Å²) in [6.45, 7) is 3.69. The topological polar surface area (TPSA) is 80.1 Å². The number of likely N-dealkylation sites (tertiary alicyclic amines) is 1. The lowest BCUT2D eigenvalue weighted by Crippen LogP contribution is -2.40. The second-order valence-corrected chi connectivity index (χ2v) is 8.01.